The quantitative estimate of drug-likeness (QED) is 0.563. The van der Waals surface area contributed by atoms with Crippen molar-refractivity contribution in [2.75, 3.05) is 33.4 Å². The molecular weight excluding hydrogens is 396 g/mol. The van der Waals surface area contributed by atoms with Gasteiger partial charge in [0.1, 0.15) is 0 Å². The molecule has 0 bridgehead atoms. The van der Waals surface area contributed by atoms with Crippen molar-refractivity contribution >= 4 is 23.2 Å². The molecule has 1 aromatic carbocycles. The minimum Gasteiger partial charge on any atom is -0.385 e. The zero-order chi connectivity index (χ0) is 21.5. The largest absolute Gasteiger partial charge is 0.385 e. The summed E-state index contributed by atoms with van der Waals surface area (Å²) in [6, 6.07) is 10.5. The summed E-state index contributed by atoms with van der Waals surface area (Å²) in [7, 11) is 1.65. The van der Waals surface area contributed by atoms with Gasteiger partial charge in [-0.15, -0.1) is 11.3 Å². The molecule has 2 aromatic rings. The fourth-order valence-corrected chi connectivity index (χ4v) is 4.91. The van der Waals surface area contributed by atoms with Gasteiger partial charge in [0.25, 0.3) is 0 Å². The molecule has 0 saturated heterocycles. The Labute approximate surface area is 183 Å². The van der Waals surface area contributed by atoms with Crippen LogP contribution in [0.1, 0.15) is 53.8 Å². The maximum absolute atomic E-state index is 13.4. The normalized spacial score (nSPS) is 15.7. The van der Waals surface area contributed by atoms with E-state index in [0.717, 1.165) is 24.8 Å². The van der Waals surface area contributed by atoms with Gasteiger partial charge in [0, 0.05) is 38.1 Å². The van der Waals surface area contributed by atoms with E-state index >= 15 is 0 Å². The first-order chi connectivity index (χ1) is 14.5. The highest BCUT2D eigenvalue weighted by Gasteiger charge is 2.33. The van der Waals surface area contributed by atoms with Gasteiger partial charge in [-0.25, -0.2) is 0 Å². The van der Waals surface area contributed by atoms with Gasteiger partial charge in [-0.05, 0) is 48.8 Å². The number of carbonyl (C=O) groups is 2. The summed E-state index contributed by atoms with van der Waals surface area (Å²) in [5.41, 5.74) is 3.54. The van der Waals surface area contributed by atoms with Crippen LogP contribution in [0.2, 0.25) is 0 Å². The molecule has 0 saturated carbocycles. The van der Waals surface area contributed by atoms with Crippen molar-refractivity contribution in [2.24, 2.45) is 0 Å². The predicted molar refractivity (Wildman–Crippen MR) is 121 cm³/mol. The molecule has 0 aliphatic carbocycles. The van der Waals surface area contributed by atoms with Crippen LogP contribution in [-0.2, 0) is 20.7 Å². The van der Waals surface area contributed by atoms with Gasteiger partial charge in [-0.1, -0.05) is 36.8 Å². The summed E-state index contributed by atoms with van der Waals surface area (Å²) in [4.78, 5) is 31.1. The topological polar surface area (TPSA) is 49.9 Å². The second kappa shape index (κ2) is 10.7. The number of nitrogens with zero attached hydrogens (tertiary/aromatic N) is 2. The molecule has 0 radical (unpaired) electrons. The maximum Gasteiger partial charge on any atom is 0.242 e. The number of thiophene rings is 1. The van der Waals surface area contributed by atoms with E-state index in [1.807, 2.05) is 11.8 Å². The lowest BCUT2D eigenvalue weighted by Crippen LogP contribution is -2.47. The molecule has 0 unspecified atom stereocenters. The van der Waals surface area contributed by atoms with Crippen LogP contribution in [-0.4, -0.2) is 55.0 Å². The number of carbonyl (C=O) groups excluding carboxylic acids is 2. The summed E-state index contributed by atoms with van der Waals surface area (Å²) in [6.07, 6.45) is 2.85. The van der Waals surface area contributed by atoms with Gasteiger partial charge >= 0.3 is 0 Å². The summed E-state index contributed by atoms with van der Waals surface area (Å²) >= 11 is 1.76. The maximum atomic E-state index is 13.4. The number of methoxy groups -OCH3 is 1. The first kappa shape index (κ1) is 22.5. The number of amides is 2. The van der Waals surface area contributed by atoms with Crippen LogP contribution in [0.15, 0.2) is 35.7 Å². The van der Waals surface area contributed by atoms with E-state index in [0.29, 0.717) is 26.1 Å². The molecule has 1 aromatic heterocycles. The lowest BCUT2D eigenvalue weighted by Gasteiger charge is -2.37. The van der Waals surface area contributed by atoms with Crippen molar-refractivity contribution in [3.05, 3.63) is 57.3 Å². The van der Waals surface area contributed by atoms with Crippen molar-refractivity contribution < 1.29 is 14.3 Å². The molecule has 0 fully saturated rings. The first-order valence-electron chi connectivity index (χ1n) is 10.7. The van der Waals surface area contributed by atoms with Crippen LogP contribution in [0.4, 0.5) is 0 Å². The number of ether oxygens (including phenoxy) is 1. The van der Waals surface area contributed by atoms with Crippen LogP contribution in [0.5, 0.6) is 0 Å². The number of hydrogen-bond acceptors (Lipinski definition) is 4. The highest BCUT2D eigenvalue weighted by molar-refractivity contribution is 7.10. The first-order valence-corrected chi connectivity index (χ1v) is 11.6. The Hall–Kier alpha value is -2.18. The number of hydrogen-bond donors (Lipinski definition) is 0. The molecule has 30 heavy (non-hydrogen) atoms. The molecule has 0 spiro atoms. The van der Waals surface area contributed by atoms with E-state index in [4.69, 9.17) is 4.74 Å². The van der Waals surface area contributed by atoms with Gasteiger partial charge < -0.3 is 14.5 Å². The van der Waals surface area contributed by atoms with Crippen molar-refractivity contribution in [1.82, 2.24) is 9.80 Å². The summed E-state index contributed by atoms with van der Waals surface area (Å²) in [5.74, 6) is 0.0568. The number of benzene rings is 1. The Bertz CT molecular complexity index is 846. The standard InChI is InChI=1S/C24H32N2O3S/c1-4-6-22(27)25(13-5-15-29-3)17-23(28)26-14-11-21-20(12-16-30-21)24(26)19-9-7-18(2)8-10-19/h7-10,12,16,24H,4-6,11,13-15,17H2,1-3H3/t24-/m0/s1. The van der Waals surface area contributed by atoms with Gasteiger partial charge in [0.2, 0.25) is 11.8 Å². The Balaban J connectivity index is 1.82. The smallest absolute Gasteiger partial charge is 0.242 e. The number of rotatable bonds is 9. The molecule has 6 heteroatoms. The summed E-state index contributed by atoms with van der Waals surface area (Å²) in [6.45, 7) is 6.00. The highest BCUT2D eigenvalue weighted by Crippen LogP contribution is 2.38. The zero-order valence-electron chi connectivity index (χ0n) is 18.2. The van der Waals surface area contributed by atoms with Crippen LogP contribution in [0, 0.1) is 6.92 Å². The van der Waals surface area contributed by atoms with Crippen molar-refractivity contribution in [1.29, 1.82) is 0 Å². The Morgan fingerprint density at radius 3 is 2.70 bits per heavy atom. The average molecular weight is 429 g/mol. The Morgan fingerprint density at radius 1 is 1.23 bits per heavy atom. The van der Waals surface area contributed by atoms with E-state index in [1.165, 1.54) is 16.0 Å². The molecule has 3 rings (SSSR count). The third-order valence-electron chi connectivity index (χ3n) is 5.60. The van der Waals surface area contributed by atoms with Crippen LogP contribution >= 0.6 is 11.3 Å². The SMILES string of the molecule is CCCC(=O)N(CCCOC)CC(=O)N1CCc2sccc2[C@@H]1c1ccc(C)cc1. The zero-order valence-corrected chi connectivity index (χ0v) is 19.0. The summed E-state index contributed by atoms with van der Waals surface area (Å²) in [5, 5.41) is 2.11. The van der Waals surface area contributed by atoms with Crippen molar-refractivity contribution in [2.45, 2.75) is 45.6 Å². The molecule has 0 N–H and O–H groups in total. The van der Waals surface area contributed by atoms with E-state index in [9.17, 15) is 9.59 Å². The Kier molecular flexibility index (Phi) is 8.05. The average Bonchev–Trinajstić information content (AvgIpc) is 3.22. The minimum absolute atomic E-state index is 0.0132. The molecule has 5 nitrogen and oxygen atoms in total. The second-order valence-electron chi connectivity index (χ2n) is 7.86. The highest BCUT2D eigenvalue weighted by atomic mass is 32.1. The third kappa shape index (κ3) is 5.29. The molecule has 1 atom stereocenters. The van der Waals surface area contributed by atoms with Gasteiger partial charge in [0.05, 0.1) is 12.6 Å². The minimum atomic E-state index is -0.0878. The lowest BCUT2D eigenvalue weighted by molar-refractivity contribution is -0.142. The molecule has 162 valence electrons. The molecular formula is C24H32N2O3S. The predicted octanol–water partition coefficient (Wildman–Crippen LogP) is 4.20. The van der Waals surface area contributed by atoms with Crippen LogP contribution in [0.25, 0.3) is 0 Å². The van der Waals surface area contributed by atoms with E-state index in [-0.39, 0.29) is 24.4 Å². The number of aryl methyl sites for hydroxylation is 1. The lowest BCUT2D eigenvalue weighted by atomic mass is 9.92. The van der Waals surface area contributed by atoms with E-state index < -0.39 is 0 Å². The van der Waals surface area contributed by atoms with Crippen molar-refractivity contribution in [3.63, 3.8) is 0 Å². The van der Waals surface area contributed by atoms with Gasteiger partial charge in [-0.2, -0.15) is 0 Å². The second-order valence-corrected chi connectivity index (χ2v) is 8.86. The van der Waals surface area contributed by atoms with Gasteiger partial charge in [-0.3, -0.25) is 9.59 Å². The van der Waals surface area contributed by atoms with Crippen LogP contribution < -0.4 is 0 Å². The molecule has 1 aliphatic rings. The van der Waals surface area contributed by atoms with Gasteiger partial charge in [0.15, 0.2) is 0 Å². The fourth-order valence-electron chi connectivity index (χ4n) is 4.01. The molecule has 2 heterocycles. The van der Waals surface area contributed by atoms with E-state index in [2.05, 4.69) is 42.6 Å². The molecule has 1 aliphatic heterocycles. The van der Waals surface area contributed by atoms with E-state index in [1.54, 1.807) is 23.3 Å². The third-order valence-corrected chi connectivity index (χ3v) is 6.60. The fraction of sp³-hybridized carbons (Fsp3) is 0.500. The number of fused-ring (bicyclic) bond motifs is 1. The van der Waals surface area contributed by atoms with Crippen molar-refractivity contribution in [3.8, 4) is 0 Å². The monoisotopic (exact) mass is 428 g/mol. The summed E-state index contributed by atoms with van der Waals surface area (Å²) < 4.78 is 5.14. The Morgan fingerprint density at radius 2 is 2.00 bits per heavy atom. The van der Waals surface area contributed by atoms with Crippen LogP contribution in [0.3, 0.4) is 0 Å². The molecule has 2 amide bonds.